The van der Waals surface area contributed by atoms with E-state index in [9.17, 15) is 14.4 Å². The average Bonchev–Trinajstić information content (AvgIpc) is 2.24. The quantitative estimate of drug-likeness (QED) is 0.698. The van der Waals surface area contributed by atoms with E-state index in [4.69, 9.17) is 0 Å². The summed E-state index contributed by atoms with van der Waals surface area (Å²) in [5, 5.41) is 0. The van der Waals surface area contributed by atoms with Crippen LogP contribution in [0, 0.1) is 0 Å². The Labute approximate surface area is 97.3 Å². The molecule has 0 amide bonds. The van der Waals surface area contributed by atoms with Crippen LogP contribution in [-0.4, -0.2) is 14.5 Å². The van der Waals surface area contributed by atoms with E-state index in [1.54, 1.807) is 12.2 Å². The summed E-state index contributed by atoms with van der Waals surface area (Å²) in [5.41, 5.74) is -2.19. The Balaban J connectivity index is 3.22. The van der Waals surface area contributed by atoms with Gasteiger partial charge in [0.15, 0.2) is 0 Å². The monoisotopic (exact) mass is 237 g/mol. The Bertz CT molecular complexity index is 530. The van der Waals surface area contributed by atoms with Gasteiger partial charge in [-0.1, -0.05) is 12.2 Å². The molecular weight excluding hydrogens is 222 g/mol. The first-order chi connectivity index (χ1) is 8.10. The molecule has 1 aromatic rings. The zero-order chi connectivity index (χ0) is 12.8. The van der Waals surface area contributed by atoms with Crippen molar-refractivity contribution in [3.63, 3.8) is 0 Å². The first-order valence-corrected chi connectivity index (χ1v) is 5.27. The van der Waals surface area contributed by atoms with Crippen molar-refractivity contribution in [2.75, 3.05) is 0 Å². The van der Waals surface area contributed by atoms with Crippen LogP contribution >= 0.6 is 0 Å². The van der Waals surface area contributed by atoms with Crippen molar-refractivity contribution in [1.82, 2.24) is 14.5 Å². The zero-order valence-corrected chi connectivity index (χ0v) is 9.44. The maximum absolute atomic E-state index is 11.6. The fourth-order valence-corrected chi connectivity index (χ4v) is 1.62. The number of hydrogen-bond acceptors (Lipinski definition) is 3. The highest BCUT2D eigenvalue weighted by atomic mass is 16.2. The highest BCUT2D eigenvalue weighted by Crippen LogP contribution is 2.14. The van der Waals surface area contributed by atoms with Crippen molar-refractivity contribution >= 4 is 0 Å². The Morgan fingerprint density at radius 3 is 2.18 bits per heavy atom. The third-order valence-electron chi connectivity index (χ3n) is 2.39. The third kappa shape index (κ3) is 3.17. The molecule has 0 fully saturated rings. The molecule has 0 aliphatic rings. The van der Waals surface area contributed by atoms with E-state index in [0.717, 1.165) is 4.57 Å². The van der Waals surface area contributed by atoms with Crippen molar-refractivity contribution < 1.29 is 0 Å². The van der Waals surface area contributed by atoms with E-state index in [2.05, 4.69) is 13.2 Å². The van der Waals surface area contributed by atoms with E-state index in [0.29, 0.717) is 19.3 Å². The van der Waals surface area contributed by atoms with Crippen LogP contribution in [0.3, 0.4) is 0 Å². The number of rotatable bonds is 6. The fraction of sp³-hybridized carbons (Fsp3) is 0.364. The largest absolute Gasteiger partial charge is 0.333 e. The van der Waals surface area contributed by atoms with E-state index in [-0.39, 0.29) is 6.04 Å². The molecule has 0 radical (unpaired) electrons. The lowest BCUT2D eigenvalue weighted by Gasteiger charge is -2.15. The third-order valence-corrected chi connectivity index (χ3v) is 2.39. The van der Waals surface area contributed by atoms with Crippen LogP contribution in [0.25, 0.3) is 0 Å². The molecule has 1 atom stereocenters. The minimum Gasteiger partial charge on any atom is -0.259 e. The molecule has 1 unspecified atom stereocenters. The van der Waals surface area contributed by atoms with Crippen LogP contribution in [-0.2, 0) is 0 Å². The van der Waals surface area contributed by atoms with Crippen LogP contribution in [0.1, 0.15) is 25.3 Å². The minimum absolute atomic E-state index is 0.321. The second-order valence-electron chi connectivity index (χ2n) is 3.60. The molecule has 6 nitrogen and oxygen atoms in total. The lowest BCUT2D eigenvalue weighted by atomic mass is 10.1. The maximum atomic E-state index is 11.6. The number of allylic oxidation sites excluding steroid dienone is 2. The molecule has 0 spiro atoms. The topological polar surface area (TPSA) is 87.7 Å². The predicted molar refractivity (Wildman–Crippen MR) is 65.2 cm³/mol. The van der Waals surface area contributed by atoms with Crippen molar-refractivity contribution in [2.24, 2.45) is 0 Å². The highest BCUT2D eigenvalue weighted by Gasteiger charge is 2.14. The number of nitrogens with one attached hydrogen (secondary N) is 2. The number of hydrogen-bond donors (Lipinski definition) is 2. The summed E-state index contributed by atoms with van der Waals surface area (Å²) < 4.78 is 1.01. The van der Waals surface area contributed by atoms with Gasteiger partial charge >= 0.3 is 17.1 Å². The van der Waals surface area contributed by atoms with E-state index < -0.39 is 17.1 Å². The molecule has 0 aliphatic carbocycles. The van der Waals surface area contributed by atoms with Gasteiger partial charge in [0, 0.05) is 6.04 Å². The highest BCUT2D eigenvalue weighted by molar-refractivity contribution is 4.84. The summed E-state index contributed by atoms with van der Waals surface area (Å²) in [4.78, 5) is 38.1. The van der Waals surface area contributed by atoms with Crippen molar-refractivity contribution in [2.45, 2.75) is 25.3 Å². The van der Waals surface area contributed by atoms with Crippen molar-refractivity contribution in [3.05, 3.63) is 56.8 Å². The summed E-state index contributed by atoms with van der Waals surface area (Å²) >= 11 is 0. The molecular formula is C11H15N3O3. The minimum atomic E-state index is -0.794. The van der Waals surface area contributed by atoms with Crippen molar-refractivity contribution in [1.29, 1.82) is 0 Å². The van der Waals surface area contributed by atoms with Crippen molar-refractivity contribution in [3.8, 4) is 0 Å². The number of aromatic nitrogens is 3. The Morgan fingerprint density at radius 1 is 1.12 bits per heavy atom. The first kappa shape index (κ1) is 13.0. The smallest absolute Gasteiger partial charge is 0.259 e. The van der Waals surface area contributed by atoms with Gasteiger partial charge in [-0.3, -0.25) is 9.97 Å². The van der Waals surface area contributed by atoms with Crippen LogP contribution in [0.5, 0.6) is 0 Å². The van der Waals surface area contributed by atoms with E-state index in [1.807, 2.05) is 9.97 Å². The van der Waals surface area contributed by atoms with Gasteiger partial charge in [-0.05, 0) is 19.3 Å². The van der Waals surface area contributed by atoms with Crippen LogP contribution in [0.4, 0.5) is 0 Å². The molecule has 1 aromatic heterocycles. The molecule has 0 saturated heterocycles. The molecule has 92 valence electrons. The molecule has 0 saturated carbocycles. The van der Waals surface area contributed by atoms with Crippen LogP contribution in [0.15, 0.2) is 39.7 Å². The summed E-state index contributed by atoms with van der Waals surface area (Å²) in [6.45, 7) is 7.17. The van der Waals surface area contributed by atoms with E-state index in [1.165, 1.54) is 0 Å². The standard InChI is InChI=1S/C11H15N3O3/c1-3-5-7-8(6-4-2)14-10(16)12-9(15)13-11(14)17/h3-4,8H,1-2,5-7H2,(H2,12,13,15,16,17). The Morgan fingerprint density at radius 2 is 1.71 bits per heavy atom. The fourth-order valence-electron chi connectivity index (χ4n) is 1.62. The molecule has 2 N–H and O–H groups in total. The maximum Gasteiger partial charge on any atom is 0.333 e. The molecule has 17 heavy (non-hydrogen) atoms. The molecule has 0 aromatic carbocycles. The van der Waals surface area contributed by atoms with Crippen LogP contribution < -0.4 is 17.1 Å². The number of nitrogens with zero attached hydrogens (tertiary/aromatic N) is 1. The zero-order valence-electron chi connectivity index (χ0n) is 9.44. The van der Waals surface area contributed by atoms with Crippen LogP contribution in [0.2, 0.25) is 0 Å². The molecule has 1 rings (SSSR count). The predicted octanol–water partition coefficient (Wildman–Crippen LogP) is 0.308. The second kappa shape index (κ2) is 5.83. The van der Waals surface area contributed by atoms with Gasteiger partial charge in [0.2, 0.25) is 0 Å². The lowest BCUT2D eigenvalue weighted by Crippen LogP contribution is -2.45. The normalized spacial score (nSPS) is 12.0. The summed E-state index contributed by atoms with van der Waals surface area (Å²) in [5.74, 6) is 0. The number of H-pyrrole nitrogens is 2. The molecule has 1 heterocycles. The average molecular weight is 237 g/mol. The van der Waals surface area contributed by atoms with E-state index >= 15 is 0 Å². The Kier molecular flexibility index (Phi) is 4.45. The lowest BCUT2D eigenvalue weighted by molar-refractivity contribution is 0.430. The Hall–Kier alpha value is -2.11. The second-order valence-corrected chi connectivity index (χ2v) is 3.60. The number of aromatic amines is 2. The van der Waals surface area contributed by atoms with Gasteiger partial charge in [0.25, 0.3) is 0 Å². The van der Waals surface area contributed by atoms with Gasteiger partial charge in [-0.15, -0.1) is 13.2 Å². The van der Waals surface area contributed by atoms with Gasteiger partial charge in [0.1, 0.15) is 0 Å². The first-order valence-electron chi connectivity index (χ1n) is 5.27. The summed E-state index contributed by atoms with van der Waals surface area (Å²) in [6.07, 6.45) is 5.07. The molecule has 0 bridgehead atoms. The van der Waals surface area contributed by atoms with Gasteiger partial charge in [0.05, 0.1) is 0 Å². The summed E-state index contributed by atoms with van der Waals surface area (Å²) in [7, 11) is 0. The van der Waals surface area contributed by atoms with Gasteiger partial charge in [-0.2, -0.15) is 0 Å². The van der Waals surface area contributed by atoms with Gasteiger partial charge in [-0.25, -0.2) is 19.0 Å². The molecule has 0 aliphatic heterocycles. The summed E-state index contributed by atoms with van der Waals surface area (Å²) in [6, 6.07) is -0.321. The molecule has 6 heteroatoms. The SMILES string of the molecule is C=CCCC(CC=C)n1c(=O)[nH]c(=O)[nH]c1=O. The van der Waals surface area contributed by atoms with Gasteiger partial charge < -0.3 is 0 Å².